The molecule has 0 rings (SSSR count). The fraction of sp³-hybridized carbons (Fsp3) is 0.818. The lowest BCUT2D eigenvalue weighted by Crippen LogP contribution is -2.36. The molecule has 0 aromatic heterocycles. The number of rotatable bonds is 7. The maximum absolute atomic E-state index is 11.1. The maximum Gasteiger partial charge on any atom is 0.308 e. The highest BCUT2D eigenvalue weighted by molar-refractivity contribution is 5.75. The van der Waals surface area contributed by atoms with Crippen LogP contribution < -0.4 is 0 Å². The molecule has 88 valence electrons. The third-order valence-electron chi connectivity index (χ3n) is 2.52. The van der Waals surface area contributed by atoms with E-state index in [2.05, 4.69) is 0 Å². The maximum atomic E-state index is 11.1. The summed E-state index contributed by atoms with van der Waals surface area (Å²) >= 11 is 0. The molecule has 0 heterocycles. The molecular formula is C11H21NO3. The van der Waals surface area contributed by atoms with Gasteiger partial charge in [0.2, 0.25) is 5.91 Å². The second-order valence-electron chi connectivity index (χ2n) is 3.74. The molecule has 1 N–H and O–H groups in total. The predicted molar refractivity (Wildman–Crippen MR) is 58.6 cm³/mol. The van der Waals surface area contributed by atoms with Gasteiger partial charge in [-0.25, -0.2) is 0 Å². The number of aliphatic carboxylic acids is 1. The van der Waals surface area contributed by atoms with Crippen molar-refractivity contribution in [2.75, 3.05) is 13.1 Å². The number of carboxylic acids is 1. The van der Waals surface area contributed by atoms with Crippen LogP contribution in [0.5, 0.6) is 0 Å². The molecule has 15 heavy (non-hydrogen) atoms. The van der Waals surface area contributed by atoms with Gasteiger partial charge in [-0.05, 0) is 13.3 Å². The molecule has 1 amide bonds. The average Bonchev–Trinajstić information content (AvgIpc) is 2.17. The highest BCUT2D eigenvalue weighted by Crippen LogP contribution is 2.11. The van der Waals surface area contributed by atoms with Crippen molar-refractivity contribution < 1.29 is 14.7 Å². The zero-order valence-electron chi connectivity index (χ0n) is 9.82. The summed E-state index contributed by atoms with van der Waals surface area (Å²) in [6, 6.07) is 0. The van der Waals surface area contributed by atoms with Crippen LogP contribution in [-0.4, -0.2) is 35.0 Å². The Morgan fingerprint density at radius 1 is 1.33 bits per heavy atom. The topological polar surface area (TPSA) is 57.6 Å². The second-order valence-corrected chi connectivity index (χ2v) is 3.74. The van der Waals surface area contributed by atoms with Gasteiger partial charge in [0.15, 0.2) is 0 Å². The smallest absolute Gasteiger partial charge is 0.308 e. The third-order valence-corrected chi connectivity index (χ3v) is 2.52. The quantitative estimate of drug-likeness (QED) is 0.703. The first-order chi connectivity index (χ1) is 7.02. The zero-order valence-corrected chi connectivity index (χ0v) is 9.82. The lowest BCUT2D eigenvalue weighted by molar-refractivity contribution is -0.143. The summed E-state index contributed by atoms with van der Waals surface area (Å²) in [5.74, 6) is -1.28. The number of amides is 1. The zero-order chi connectivity index (χ0) is 11.8. The van der Waals surface area contributed by atoms with Gasteiger partial charge in [0.05, 0.1) is 5.92 Å². The van der Waals surface area contributed by atoms with Gasteiger partial charge in [0.25, 0.3) is 0 Å². The highest BCUT2D eigenvalue weighted by Gasteiger charge is 2.20. The lowest BCUT2D eigenvalue weighted by Gasteiger charge is -2.23. The molecule has 1 unspecified atom stereocenters. The SMILES string of the molecule is CCCCC(CN(CC)C(C)=O)C(=O)O. The molecule has 0 aliphatic rings. The molecule has 4 heteroatoms. The van der Waals surface area contributed by atoms with Crippen molar-refractivity contribution in [1.29, 1.82) is 0 Å². The van der Waals surface area contributed by atoms with Crippen LogP contribution in [0.3, 0.4) is 0 Å². The van der Waals surface area contributed by atoms with E-state index in [0.29, 0.717) is 19.5 Å². The van der Waals surface area contributed by atoms with Crippen molar-refractivity contribution in [2.24, 2.45) is 5.92 Å². The Morgan fingerprint density at radius 3 is 2.27 bits per heavy atom. The molecule has 0 aromatic carbocycles. The van der Waals surface area contributed by atoms with Crippen LogP contribution in [0.4, 0.5) is 0 Å². The van der Waals surface area contributed by atoms with Crippen molar-refractivity contribution in [3.8, 4) is 0 Å². The molecule has 0 radical (unpaired) electrons. The van der Waals surface area contributed by atoms with E-state index in [1.54, 1.807) is 4.90 Å². The summed E-state index contributed by atoms with van der Waals surface area (Å²) in [5, 5.41) is 8.99. The van der Waals surface area contributed by atoms with Crippen molar-refractivity contribution in [2.45, 2.75) is 40.0 Å². The number of hydrogen-bond donors (Lipinski definition) is 1. The Hall–Kier alpha value is -1.06. The Morgan fingerprint density at radius 2 is 1.93 bits per heavy atom. The average molecular weight is 215 g/mol. The van der Waals surface area contributed by atoms with Crippen LogP contribution >= 0.6 is 0 Å². The monoisotopic (exact) mass is 215 g/mol. The second kappa shape index (κ2) is 7.26. The van der Waals surface area contributed by atoms with Gasteiger partial charge < -0.3 is 10.0 Å². The van der Waals surface area contributed by atoms with Crippen LogP contribution in [0.25, 0.3) is 0 Å². The summed E-state index contributed by atoms with van der Waals surface area (Å²) in [6.45, 7) is 6.27. The Bertz CT molecular complexity index is 216. The number of unbranched alkanes of at least 4 members (excludes halogenated alkanes) is 1. The summed E-state index contributed by atoms with van der Waals surface area (Å²) in [7, 11) is 0. The first kappa shape index (κ1) is 13.9. The molecule has 4 nitrogen and oxygen atoms in total. The normalized spacial score (nSPS) is 12.2. The molecule has 0 saturated carbocycles. The van der Waals surface area contributed by atoms with Crippen molar-refractivity contribution in [3.05, 3.63) is 0 Å². The largest absolute Gasteiger partial charge is 0.481 e. The number of carboxylic acid groups (broad SMARTS) is 1. The van der Waals surface area contributed by atoms with Crippen molar-refractivity contribution in [3.63, 3.8) is 0 Å². The number of carbonyl (C=O) groups is 2. The summed E-state index contributed by atoms with van der Waals surface area (Å²) in [6.07, 6.45) is 2.53. The number of nitrogens with zero attached hydrogens (tertiary/aromatic N) is 1. The molecule has 0 bridgehead atoms. The van der Waals surface area contributed by atoms with E-state index in [0.717, 1.165) is 12.8 Å². The first-order valence-electron chi connectivity index (χ1n) is 5.51. The Labute approximate surface area is 91.3 Å². The first-order valence-corrected chi connectivity index (χ1v) is 5.51. The van der Waals surface area contributed by atoms with Crippen LogP contribution in [0, 0.1) is 5.92 Å². The van der Waals surface area contributed by atoms with E-state index in [1.165, 1.54) is 6.92 Å². The van der Waals surface area contributed by atoms with Crippen molar-refractivity contribution >= 4 is 11.9 Å². The van der Waals surface area contributed by atoms with Gasteiger partial charge in [-0.15, -0.1) is 0 Å². The molecule has 0 fully saturated rings. The van der Waals surface area contributed by atoms with Gasteiger partial charge in [0.1, 0.15) is 0 Å². The lowest BCUT2D eigenvalue weighted by atomic mass is 10.0. The fourth-order valence-electron chi connectivity index (χ4n) is 1.49. The summed E-state index contributed by atoms with van der Waals surface area (Å²) < 4.78 is 0. The number of hydrogen-bond acceptors (Lipinski definition) is 2. The molecule has 0 saturated heterocycles. The van der Waals surface area contributed by atoms with Gasteiger partial charge in [-0.1, -0.05) is 19.8 Å². The minimum absolute atomic E-state index is 0.0553. The Kier molecular flexibility index (Phi) is 6.75. The Balaban J connectivity index is 4.25. The highest BCUT2D eigenvalue weighted by atomic mass is 16.4. The molecule has 0 aromatic rings. The van der Waals surface area contributed by atoms with Crippen LogP contribution in [0.15, 0.2) is 0 Å². The van der Waals surface area contributed by atoms with Gasteiger partial charge in [0, 0.05) is 20.0 Å². The minimum atomic E-state index is -0.803. The fourth-order valence-corrected chi connectivity index (χ4v) is 1.49. The predicted octanol–water partition coefficient (Wildman–Crippen LogP) is 1.75. The minimum Gasteiger partial charge on any atom is -0.481 e. The standard InChI is InChI=1S/C11H21NO3/c1-4-6-7-10(11(14)15)8-12(5-2)9(3)13/h10H,4-8H2,1-3H3,(H,14,15). The molecule has 0 aliphatic heterocycles. The van der Waals surface area contributed by atoms with Crippen LogP contribution in [0.1, 0.15) is 40.0 Å². The van der Waals surface area contributed by atoms with Crippen LogP contribution in [0.2, 0.25) is 0 Å². The molecular weight excluding hydrogens is 194 g/mol. The summed E-state index contributed by atoms with van der Waals surface area (Å²) in [4.78, 5) is 23.7. The van der Waals surface area contributed by atoms with E-state index in [4.69, 9.17) is 5.11 Å². The summed E-state index contributed by atoms with van der Waals surface area (Å²) in [5.41, 5.74) is 0. The van der Waals surface area contributed by atoms with E-state index in [1.807, 2.05) is 13.8 Å². The van der Waals surface area contributed by atoms with E-state index >= 15 is 0 Å². The molecule has 0 spiro atoms. The molecule has 0 aliphatic carbocycles. The van der Waals surface area contributed by atoms with E-state index < -0.39 is 11.9 Å². The van der Waals surface area contributed by atoms with E-state index in [-0.39, 0.29) is 5.91 Å². The van der Waals surface area contributed by atoms with Crippen molar-refractivity contribution in [1.82, 2.24) is 4.90 Å². The van der Waals surface area contributed by atoms with Gasteiger partial charge in [-0.2, -0.15) is 0 Å². The van der Waals surface area contributed by atoms with Crippen LogP contribution in [-0.2, 0) is 9.59 Å². The third kappa shape index (κ3) is 5.40. The molecule has 1 atom stereocenters. The van der Waals surface area contributed by atoms with Gasteiger partial charge >= 0.3 is 5.97 Å². The number of carbonyl (C=O) groups excluding carboxylic acids is 1. The van der Waals surface area contributed by atoms with Gasteiger partial charge in [-0.3, -0.25) is 9.59 Å². The van der Waals surface area contributed by atoms with E-state index in [9.17, 15) is 9.59 Å².